The van der Waals surface area contributed by atoms with Crippen LogP contribution < -0.4 is 0 Å². The molecule has 2 rings (SSSR count). The van der Waals surface area contributed by atoms with E-state index in [0.29, 0.717) is 10.6 Å². The van der Waals surface area contributed by atoms with Gasteiger partial charge in [-0.25, -0.2) is 4.79 Å². The summed E-state index contributed by atoms with van der Waals surface area (Å²) in [6, 6.07) is 9.86. The molecule has 1 heterocycles. The third-order valence-electron chi connectivity index (χ3n) is 2.66. The highest BCUT2D eigenvalue weighted by Crippen LogP contribution is 2.21. The molecule has 6 heteroatoms. The minimum absolute atomic E-state index is 0.0466. The smallest absolute Gasteiger partial charge is 0.337 e. The highest BCUT2D eigenvalue weighted by molar-refractivity contribution is 7.84. The number of carbonyl (C=O) groups is 1. The molecular formula is C14H12ClNO3S. The Hall–Kier alpha value is -1.72. The lowest BCUT2D eigenvalue weighted by Gasteiger charge is -2.05. The van der Waals surface area contributed by atoms with E-state index in [2.05, 4.69) is 4.98 Å². The number of aryl methyl sites for hydroxylation is 1. The molecule has 0 radical (unpaired) electrons. The largest absolute Gasteiger partial charge is 0.478 e. The SMILES string of the molecule is Cc1cccc(CS(=O)c2ccc(Cl)c(C(=O)O)c2)n1. The molecule has 20 heavy (non-hydrogen) atoms. The van der Waals surface area contributed by atoms with Crippen LogP contribution in [0.4, 0.5) is 0 Å². The average molecular weight is 310 g/mol. The first-order chi connectivity index (χ1) is 9.47. The number of benzene rings is 1. The molecular weight excluding hydrogens is 298 g/mol. The highest BCUT2D eigenvalue weighted by atomic mass is 35.5. The summed E-state index contributed by atoms with van der Waals surface area (Å²) < 4.78 is 12.2. The number of aromatic carboxylic acids is 1. The number of aromatic nitrogens is 1. The van der Waals surface area contributed by atoms with Crippen molar-refractivity contribution in [2.24, 2.45) is 0 Å². The van der Waals surface area contributed by atoms with Gasteiger partial charge >= 0.3 is 5.97 Å². The quantitative estimate of drug-likeness (QED) is 0.942. The second-order valence-electron chi connectivity index (χ2n) is 4.21. The first-order valence-electron chi connectivity index (χ1n) is 5.81. The lowest BCUT2D eigenvalue weighted by atomic mass is 10.2. The van der Waals surface area contributed by atoms with E-state index in [0.717, 1.165) is 5.69 Å². The van der Waals surface area contributed by atoms with Crippen LogP contribution in [0.15, 0.2) is 41.3 Å². The van der Waals surface area contributed by atoms with Gasteiger partial charge in [-0.15, -0.1) is 0 Å². The fourth-order valence-electron chi connectivity index (χ4n) is 1.71. The summed E-state index contributed by atoms with van der Waals surface area (Å²) in [7, 11) is -1.36. The predicted molar refractivity (Wildman–Crippen MR) is 77.5 cm³/mol. The molecule has 0 aliphatic heterocycles. The lowest BCUT2D eigenvalue weighted by Crippen LogP contribution is -2.03. The molecule has 0 bridgehead atoms. The van der Waals surface area contributed by atoms with Gasteiger partial charge in [0.15, 0.2) is 0 Å². The lowest BCUT2D eigenvalue weighted by molar-refractivity contribution is 0.0697. The van der Waals surface area contributed by atoms with Gasteiger partial charge in [0, 0.05) is 10.6 Å². The standard InChI is InChI=1S/C14H12ClNO3S/c1-9-3-2-4-10(16-9)8-20(19)11-5-6-13(15)12(7-11)14(17)18/h2-7H,8H2,1H3,(H,17,18). The van der Waals surface area contributed by atoms with Crippen molar-refractivity contribution < 1.29 is 14.1 Å². The zero-order valence-corrected chi connectivity index (χ0v) is 12.2. The van der Waals surface area contributed by atoms with Crippen molar-refractivity contribution in [3.8, 4) is 0 Å². The molecule has 0 fully saturated rings. The van der Waals surface area contributed by atoms with E-state index in [9.17, 15) is 9.00 Å². The molecule has 0 spiro atoms. The van der Waals surface area contributed by atoms with Gasteiger partial charge in [-0.05, 0) is 37.3 Å². The first kappa shape index (κ1) is 14.7. The fourth-order valence-corrected chi connectivity index (χ4v) is 2.97. The predicted octanol–water partition coefficient (Wildman–Crippen LogP) is 3.05. The van der Waals surface area contributed by atoms with Crippen LogP contribution in [0.3, 0.4) is 0 Å². The van der Waals surface area contributed by atoms with Crippen molar-refractivity contribution >= 4 is 28.4 Å². The van der Waals surface area contributed by atoms with Crippen molar-refractivity contribution in [3.63, 3.8) is 0 Å². The Bertz CT molecular complexity index is 688. The van der Waals surface area contributed by atoms with Crippen LogP contribution in [0.2, 0.25) is 5.02 Å². The molecule has 0 aliphatic rings. The molecule has 2 aromatic rings. The van der Waals surface area contributed by atoms with Crippen LogP contribution in [-0.4, -0.2) is 20.3 Å². The average Bonchev–Trinajstić information content (AvgIpc) is 2.38. The summed E-state index contributed by atoms with van der Waals surface area (Å²) >= 11 is 5.78. The first-order valence-corrected chi connectivity index (χ1v) is 7.51. The van der Waals surface area contributed by atoms with Gasteiger partial charge in [-0.3, -0.25) is 9.19 Å². The van der Waals surface area contributed by atoms with Crippen LogP contribution in [0, 0.1) is 6.92 Å². The van der Waals surface area contributed by atoms with Crippen LogP contribution in [-0.2, 0) is 16.6 Å². The van der Waals surface area contributed by atoms with Gasteiger partial charge in [0.2, 0.25) is 0 Å². The fraction of sp³-hybridized carbons (Fsp3) is 0.143. The van der Waals surface area contributed by atoms with Crippen LogP contribution in [0.5, 0.6) is 0 Å². The molecule has 1 unspecified atom stereocenters. The van der Waals surface area contributed by atoms with Crippen LogP contribution >= 0.6 is 11.6 Å². The number of nitrogens with zero attached hydrogens (tertiary/aromatic N) is 1. The van der Waals surface area contributed by atoms with Gasteiger partial charge in [0.25, 0.3) is 0 Å². The monoisotopic (exact) mass is 309 g/mol. The molecule has 0 amide bonds. The molecule has 0 saturated carbocycles. The topological polar surface area (TPSA) is 67.3 Å². The van der Waals surface area contributed by atoms with Gasteiger partial charge < -0.3 is 5.11 Å². The van der Waals surface area contributed by atoms with Gasteiger partial charge in [-0.2, -0.15) is 0 Å². The number of carboxylic acid groups (broad SMARTS) is 1. The summed E-state index contributed by atoms with van der Waals surface area (Å²) in [6.45, 7) is 1.86. The summed E-state index contributed by atoms with van der Waals surface area (Å²) in [5.41, 5.74) is 1.51. The van der Waals surface area contributed by atoms with E-state index in [4.69, 9.17) is 16.7 Å². The van der Waals surface area contributed by atoms with Crippen molar-refractivity contribution in [2.75, 3.05) is 0 Å². The third kappa shape index (κ3) is 3.43. The van der Waals surface area contributed by atoms with Gasteiger partial charge in [0.05, 0.1) is 32.8 Å². The Balaban J connectivity index is 2.26. The number of hydrogen-bond acceptors (Lipinski definition) is 3. The summed E-state index contributed by atoms with van der Waals surface area (Å²) in [4.78, 5) is 15.7. The highest BCUT2D eigenvalue weighted by Gasteiger charge is 2.13. The Morgan fingerprint density at radius 1 is 1.35 bits per heavy atom. The van der Waals surface area contributed by atoms with E-state index in [1.165, 1.54) is 12.1 Å². The summed E-state index contributed by atoms with van der Waals surface area (Å²) in [6.07, 6.45) is 0. The Labute approximate surface area is 123 Å². The van der Waals surface area contributed by atoms with E-state index < -0.39 is 16.8 Å². The van der Waals surface area contributed by atoms with Crippen LogP contribution in [0.1, 0.15) is 21.7 Å². The molecule has 4 nitrogen and oxygen atoms in total. The van der Waals surface area contributed by atoms with E-state index in [1.54, 1.807) is 12.1 Å². The molecule has 0 saturated heterocycles. The molecule has 1 N–H and O–H groups in total. The Morgan fingerprint density at radius 2 is 2.10 bits per heavy atom. The van der Waals surface area contributed by atoms with E-state index in [-0.39, 0.29) is 16.3 Å². The maximum Gasteiger partial charge on any atom is 0.337 e. The molecule has 104 valence electrons. The minimum atomic E-state index is -1.36. The zero-order chi connectivity index (χ0) is 14.7. The van der Waals surface area contributed by atoms with Crippen molar-refractivity contribution in [2.45, 2.75) is 17.6 Å². The number of halogens is 1. The van der Waals surface area contributed by atoms with Gasteiger partial charge in [0.1, 0.15) is 0 Å². The summed E-state index contributed by atoms with van der Waals surface area (Å²) in [5.74, 6) is -0.898. The van der Waals surface area contributed by atoms with Crippen molar-refractivity contribution in [1.82, 2.24) is 4.98 Å². The second-order valence-corrected chi connectivity index (χ2v) is 6.07. The van der Waals surface area contributed by atoms with Crippen LogP contribution in [0.25, 0.3) is 0 Å². The maximum atomic E-state index is 12.2. The molecule has 1 atom stereocenters. The minimum Gasteiger partial charge on any atom is -0.478 e. The normalized spacial score (nSPS) is 12.1. The van der Waals surface area contributed by atoms with E-state index >= 15 is 0 Å². The number of hydrogen-bond donors (Lipinski definition) is 1. The second kappa shape index (κ2) is 6.15. The number of rotatable bonds is 4. The van der Waals surface area contributed by atoms with Crippen molar-refractivity contribution in [1.29, 1.82) is 0 Å². The van der Waals surface area contributed by atoms with Crippen molar-refractivity contribution in [3.05, 3.63) is 58.4 Å². The number of carboxylic acids is 1. The molecule has 1 aromatic carbocycles. The Morgan fingerprint density at radius 3 is 2.75 bits per heavy atom. The molecule has 0 aliphatic carbocycles. The van der Waals surface area contributed by atoms with E-state index in [1.807, 2.05) is 19.1 Å². The molecule has 1 aromatic heterocycles. The third-order valence-corrected chi connectivity index (χ3v) is 4.32. The Kier molecular flexibility index (Phi) is 4.52. The summed E-state index contributed by atoms with van der Waals surface area (Å²) in [5, 5.41) is 9.13. The number of pyridine rings is 1. The zero-order valence-electron chi connectivity index (χ0n) is 10.7. The maximum absolute atomic E-state index is 12.2. The van der Waals surface area contributed by atoms with Gasteiger partial charge in [-0.1, -0.05) is 17.7 Å².